The molecule has 1 aromatic carbocycles. The molecule has 1 nitrogen and oxygen atoms in total. The Hall–Kier alpha value is -0.820. The predicted molar refractivity (Wildman–Crippen MR) is 71.6 cm³/mol. The summed E-state index contributed by atoms with van der Waals surface area (Å²) in [4.78, 5) is 0. The summed E-state index contributed by atoms with van der Waals surface area (Å²) >= 11 is 0. The molecule has 0 fully saturated rings. The van der Waals surface area contributed by atoms with Crippen molar-refractivity contribution >= 4 is 0 Å². The highest BCUT2D eigenvalue weighted by Gasteiger charge is 2.19. The first kappa shape index (κ1) is 13.2. The van der Waals surface area contributed by atoms with Crippen LogP contribution in [0.4, 0.5) is 0 Å². The number of rotatable bonds is 6. The maximum Gasteiger partial charge on any atom is 0.0135 e. The molecule has 0 saturated heterocycles. The van der Waals surface area contributed by atoms with Crippen molar-refractivity contribution in [2.24, 2.45) is 11.8 Å². The molecule has 0 amide bonds. The van der Waals surface area contributed by atoms with Gasteiger partial charge in [-0.15, -0.1) is 0 Å². The molecule has 16 heavy (non-hydrogen) atoms. The number of likely N-dealkylation sites (N-methyl/N-ethyl adjacent to an activating group) is 1. The van der Waals surface area contributed by atoms with Crippen LogP contribution in [0, 0.1) is 11.8 Å². The lowest BCUT2D eigenvalue weighted by atomic mass is 9.86. The molecule has 2 atom stereocenters. The summed E-state index contributed by atoms with van der Waals surface area (Å²) in [6.07, 6.45) is 1.13. The molecule has 2 unspecified atom stereocenters. The van der Waals surface area contributed by atoms with Gasteiger partial charge in [-0.2, -0.15) is 0 Å². The smallest absolute Gasteiger partial charge is 0.0135 e. The van der Waals surface area contributed by atoms with E-state index in [-0.39, 0.29) is 0 Å². The van der Waals surface area contributed by atoms with Gasteiger partial charge in [-0.1, -0.05) is 58.0 Å². The first-order chi connectivity index (χ1) is 7.65. The van der Waals surface area contributed by atoms with Crippen LogP contribution in [0.15, 0.2) is 30.3 Å². The number of hydrogen-bond acceptors (Lipinski definition) is 1. The average molecular weight is 219 g/mol. The summed E-state index contributed by atoms with van der Waals surface area (Å²) in [7, 11) is 0. The summed E-state index contributed by atoms with van der Waals surface area (Å²) in [5, 5.41) is 3.61. The van der Waals surface area contributed by atoms with Gasteiger partial charge in [-0.05, 0) is 30.4 Å². The molecule has 0 aromatic heterocycles. The highest BCUT2D eigenvalue weighted by Crippen LogP contribution is 2.18. The lowest BCUT2D eigenvalue weighted by Crippen LogP contribution is -2.38. The summed E-state index contributed by atoms with van der Waals surface area (Å²) in [6.45, 7) is 10.2. The van der Waals surface area contributed by atoms with E-state index in [4.69, 9.17) is 0 Å². The molecular weight excluding hydrogens is 194 g/mol. The summed E-state index contributed by atoms with van der Waals surface area (Å²) in [5.74, 6) is 1.44. The largest absolute Gasteiger partial charge is 0.314 e. The maximum absolute atomic E-state index is 3.61. The van der Waals surface area contributed by atoms with Crippen molar-refractivity contribution in [1.29, 1.82) is 0 Å². The Morgan fingerprint density at radius 2 is 1.69 bits per heavy atom. The minimum Gasteiger partial charge on any atom is -0.314 e. The van der Waals surface area contributed by atoms with E-state index in [2.05, 4.69) is 63.3 Å². The van der Waals surface area contributed by atoms with Crippen molar-refractivity contribution in [2.75, 3.05) is 6.54 Å². The summed E-state index contributed by atoms with van der Waals surface area (Å²) in [5.41, 5.74) is 1.43. The van der Waals surface area contributed by atoms with E-state index in [0.717, 1.165) is 18.9 Å². The molecule has 1 heteroatoms. The topological polar surface area (TPSA) is 12.0 Å². The molecule has 1 N–H and O–H groups in total. The molecule has 0 radical (unpaired) electrons. The Morgan fingerprint density at radius 3 is 2.19 bits per heavy atom. The third kappa shape index (κ3) is 3.97. The van der Waals surface area contributed by atoms with Crippen LogP contribution < -0.4 is 5.32 Å². The van der Waals surface area contributed by atoms with E-state index < -0.39 is 0 Å². The molecule has 0 spiro atoms. The second-order valence-electron chi connectivity index (χ2n) is 4.96. The highest BCUT2D eigenvalue weighted by atomic mass is 14.9. The lowest BCUT2D eigenvalue weighted by Gasteiger charge is -2.28. The van der Waals surface area contributed by atoms with Crippen molar-refractivity contribution in [3.05, 3.63) is 35.9 Å². The van der Waals surface area contributed by atoms with Crippen LogP contribution >= 0.6 is 0 Å². The predicted octanol–water partition coefficient (Wildman–Crippen LogP) is 3.50. The quantitative estimate of drug-likeness (QED) is 0.772. The van der Waals surface area contributed by atoms with E-state index >= 15 is 0 Å². The fourth-order valence-corrected chi connectivity index (χ4v) is 2.04. The van der Waals surface area contributed by atoms with Crippen molar-refractivity contribution in [3.8, 4) is 0 Å². The highest BCUT2D eigenvalue weighted by molar-refractivity contribution is 5.16. The van der Waals surface area contributed by atoms with E-state index in [1.165, 1.54) is 5.56 Å². The van der Waals surface area contributed by atoms with Crippen molar-refractivity contribution < 1.29 is 0 Å². The van der Waals surface area contributed by atoms with Gasteiger partial charge in [0.1, 0.15) is 0 Å². The molecule has 90 valence electrons. The monoisotopic (exact) mass is 219 g/mol. The van der Waals surface area contributed by atoms with Gasteiger partial charge in [0.05, 0.1) is 0 Å². The number of nitrogens with one attached hydrogen (secondary N) is 1. The molecule has 0 aliphatic heterocycles. The number of hydrogen-bond donors (Lipinski definition) is 1. The zero-order chi connectivity index (χ0) is 12.0. The van der Waals surface area contributed by atoms with Crippen molar-refractivity contribution in [3.63, 3.8) is 0 Å². The van der Waals surface area contributed by atoms with Gasteiger partial charge in [0.25, 0.3) is 0 Å². The van der Waals surface area contributed by atoms with Gasteiger partial charge in [-0.3, -0.25) is 0 Å². The van der Waals surface area contributed by atoms with Crippen LogP contribution in [0.2, 0.25) is 0 Å². The Kier molecular flexibility index (Phi) is 5.54. The van der Waals surface area contributed by atoms with E-state index in [1.807, 2.05) is 0 Å². The molecular formula is C15H25N. The Labute approximate surface area is 100 Å². The van der Waals surface area contributed by atoms with Crippen LogP contribution in [0.1, 0.15) is 33.3 Å². The molecule has 1 rings (SSSR count). The molecule has 0 aliphatic carbocycles. The van der Waals surface area contributed by atoms with Gasteiger partial charge >= 0.3 is 0 Å². The van der Waals surface area contributed by atoms with E-state index in [1.54, 1.807) is 0 Å². The third-order valence-electron chi connectivity index (χ3n) is 3.45. The zero-order valence-electron chi connectivity index (χ0n) is 11.0. The molecule has 0 saturated carbocycles. The van der Waals surface area contributed by atoms with Crippen molar-refractivity contribution in [2.45, 2.75) is 40.2 Å². The Balaban J connectivity index is 2.64. The fourth-order valence-electron chi connectivity index (χ4n) is 2.04. The van der Waals surface area contributed by atoms with Gasteiger partial charge in [0.2, 0.25) is 0 Å². The first-order valence-electron chi connectivity index (χ1n) is 6.42. The normalized spacial score (nSPS) is 15.1. The van der Waals surface area contributed by atoms with Gasteiger partial charge in [0, 0.05) is 6.04 Å². The third-order valence-corrected chi connectivity index (χ3v) is 3.45. The van der Waals surface area contributed by atoms with Gasteiger partial charge < -0.3 is 5.32 Å². The van der Waals surface area contributed by atoms with Crippen LogP contribution in [0.25, 0.3) is 0 Å². The Bertz CT molecular complexity index is 279. The number of benzene rings is 1. The maximum atomic E-state index is 3.61. The minimum absolute atomic E-state index is 0.590. The van der Waals surface area contributed by atoms with Crippen LogP contribution in [-0.2, 0) is 6.42 Å². The summed E-state index contributed by atoms with van der Waals surface area (Å²) in [6, 6.07) is 11.4. The molecule has 0 bridgehead atoms. The molecule has 0 aliphatic rings. The lowest BCUT2D eigenvalue weighted by molar-refractivity contribution is 0.300. The standard InChI is InChI=1S/C15H25N/c1-5-16-15(13(4)12(2)3)11-14-9-7-6-8-10-14/h6-10,12-13,15-16H,5,11H2,1-4H3. The second kappa shape index (κ2) is 6.70. The van der Waals surface area contributed by atoms with E-state index in [9.17, 15) is 0 Å². The van der Waals surface area contributed by atoms with Crippen LogP contribution in [-0.4, -0.2) is 12.6 Å². The van der Waals surface area contributed by atoms with Crippen molar-refractivity contribution in [1.82, 2.24) is 5.32 Å². The van der Waals surface area contributed by atoms with E-state index in [0.29, 0.717) is 12.0 Å². The van der Waals surface area contributed by atoms with Crippen LogP contribution in [0.3, 0.4) is 0 Å². The minimum atomic E-state index is 0.590. The first-order valence-corrected chi connectivity index (χ1v) is 6.42. The SMILES string of the molecule is CCNC(Cc1ccccc1)C(C)C(C)C. The van der Waals surface area contributed by atoms with Gasteiger partial charge in [-0.25, -0.2) is 0 Å². The molecule has 0 heterocycles. The fraction of sp³-hybridized carbons (Fsp3) is 0.600. The summed E-state index contributed by atoms with van der Waals surface area (Å²) < 4.78 is 0. The Morgan fingerprint density at radius 1 is 1.06 bits per heavy atom. The average Bonchev–Trinajstić information content (AvgIpc) is 2.29. The van der Waals surface area contributed by atoms with Gasteiger partial charge in [0.15, 0.2) is 0 Å². The second-order valence-corrected chi connectivity index (χ2v) is 4.96. The molecule has 1 aromatic rings. The van der Waals surface area contributed by atoms with Crippen LogP contribution in [0.5, 0.6) is 0 Å². The zero-order valence-corrected chi connectivity index (χ0v) is 11.0.